The lowest BCUT2D eigenvalue weighted by molar-refractivity contribution is 0.220. The number of benzene rings is 1. The molecule has 0 aromatic heterocycles. The number of nitrogens with one attached hydrogen (secondary N) is 2. The lowest BCUT2D eigenvalue weighted by Crippen LogP contribution is -2.45. The van der Waals surface area contributed by atoms with Crippen LogP contribution >= 0.6 is 0 Å². The summed E-state index contributed by atoms with van der Waals surface area (Å²) in [6, 6.07) is 7.97. The highest BCUT2D eigenvalue weighted by atomic mass is 16.5. The third-order valence-electron chi connectivity index (χ3n) is 5.41. The van der Waals surface area contributed by atoms with Crippen LogP contribution in [0.3, 0.4) is 0 Å². The first kappa shape index (κ1) is 15.2. The predicted molar refractivity (Wildman–Crippen MR) is 86.8 cm³/mol. The number of carbonyl (C=O) groups excluding carboxylic acids is 1. The number of rotatable bonds is 5. The van der Waals surface area contributed by atoms with E-state index in [1.807, 2.05) is 24.3 Å². The Bertz CT molecular complexity index is 514. The number of amides is 2. The summed E-state index contributed by atoms with van der Waals surface area (Å²) in [5.41, 5.74) is 1.07. The number of urea groups is 1. The minimum absolute atomic E-state index is 0.0638. The molecule has 2 N–H and O–H groups in total. The van der Waals surface area contributed by atoms with Gasteiger partial charge in [-0.1, -0.05) is 18.6 Å². The lowest BCUT2D eigenvalue weighted by Gasteiger charge is -2.28. The zero-order valence-electron chi connectivity index (χ0n) is 13.5. The van der Waals surface area contributed by atoms with Crippen molar-refractivity contribution in [2.45, 2.75) is 45.2 Å². The number of hydrogen-bond donors (Lipinski definition) is 2. The van der Waals surface area contributed by atoms with Crippen LogP contribution in [0.25, 0.3) is 0 Å². The number of hydrogen-bond acceptors (Lipinski definition) is 2. The Labute approximate surface area is 132 Å². The Morgan fingerprint density at radius 2 is 2.05 bits per heavy atom. The van der Waals surface area contributed by atoms with Crippen molar-refractivity contribution >= 4 is 6.03 Å². The monoisotopic (exact) mass is 302 g/mol. The first-order valence-electron chi connectivity index (χ1n) is 8.33. The van der Waals surface area contributed by atoms with Gasteiger partial charge in [-0.25, -0.2) is 4.79 Å². The van der Waals surface area contributed by atoms with Crippen LogP contribution < -0.4 is 15.4 Å². The quantitative estimate of drug-likeness (QED) is 0.876. The molecule has 0 spiro atoms. The molecule has 2 aliphatic carbocycles. The van der Waals surface area contributed by atoms with Crippen molar-refractivity contribution in [2.75, 3.05) is 7.11 Å². The Balaban J connectivity index is 1.43. The van der Waals surface area contributed by atoms with Crippen LogP contribution in [0.15, 0.2) is 24.3 Å². The van der Waals surface area contributed by atoms with Crippen LogP contribution in [-0.2, 0) is 6.54 Å². The molecule has 4 atom stereocenters. The van der Waals surface area contributed by atoms with Gasteiger partial charge < -0.3 is 15.4 Å². The third kappa shape index (κ3) is 3.37. The largest absolute Gasteiger partial charge is 0.497 e. The zero-order valence-corrected chi connectivity index (χ0v) is 13.5. The standard InChI is InChI=1S/C18H26N2O2/c1-12(17-10-14-3-6-15(17)9-14)20-18(21)19-11-13-4-7-16(22-2)8-5-13/h4-5,7-8,12,14-15,17H,3,6,9-11H2,1-2H3,(H2,19,20,21). The second kappa shape index (κ2) is 6.59. The van der Waals surface area contributed by atoms with Gasteiger partial charge in [0.15, 0.2) is 0 Å². The second-order valence-electron chi connectivity index (χ2n) is 6.80. The number of fused-ring (bicyclic) bond motifs is 2. The van der Waals surface area contributed by atoms with Gasteiger partial charge in [0, 0.05) is 12.6 Å². The Morgan fingerprint density at radius 1 is 1.27 bits per heavy atom. The third-order valence-corrected chi connectivity index (χ3v) is 5.41. The van der Waals surface area contributed by atoms with Crippen LogP contribution in [0.5, 0.6) is 5.75 Å². The fourth-order valence-corrected chi connectivity index (χ4v) is 4.20. The Morgan fingerprint density at radius 3 is 2.64 bits per heavy atom. The molecular formula is C18H26N2O2. The van der Waals surface area contributed by atoms with Crippen molar-refractivity contribution in [1.82, 2.24) is 10.6 Å². The van der Waals surface area contributed by atoms with Crippen molar-refractivity contribution in [2.24, 2.45) is 17.8 Å². The van der Waals surface area contributed by atoms with Gasteiger partial charge in [0.2, 0.25) is 0 Å². The minimum atomic E-state index is -0.0638. The van der Waals surface area contributed by atoms with Crippen molar-refractivity contribution < 1.29 is 9.53 Å². The van der Waals surface area contributed by atoms with E-state index in [0.717, 1.165) is 23.1 Å². The van der Waals surface area contributed by atoms with E-state index >= 15 is 0 Å². The highest BCUT2D eigenvalue weighted by Crippen LogP contribution is 2.49. The van der Waals surface area contributed by atoms with Crippen LogP contribution in [0, 0.1) is 17.8 Å². The molecule has 4 nitrogen and oxygen atoms in total. The van der Waals surface area contributed by atoms with E-state index in [4.69, 9.17) is 4.74 Å². The average Bonchev–Trinajstić information content (AvgIpc) is 3.16. The molecule has 1 aromatic carbocycles. The van der Waals surface area contributed by atoms with Crippen LogP contribution in [0.2, 0.25) is 0 Å². The second-order valence-corrected chi connectivity index (χ2v) is 6.80. The maximum Gasteiger partial charge on any atom is 0.315 e. The number of ether oxygens (including phenoxy) is 1. The smallest absolute Gasteiger partial charge is 0.315 e. The van der Waals surface area contributed by atoms with Gasteiger partial charge in [0.25, 0.3) is 0 Å². The van der Waals surface area contributed by atoms with Gasteiger partial charge in [-0.15, -0.1) is 0 Å². The summed E-state index contributed by atoms with van der Waals surface area (Å²) < 4.78 is 5.13. The summed E-state index contributed by atoms with van der Waals surface area (Å²) in [5.74, 6) is 3.26. The van der Waals surface area contributed by atoms with E-state index in [2.05, 4.69) is 17.6 Å². The van der Waals surface area contributed by atoms with E-state index < -0.39 is 0 Å². The predicted octanol–water partition coefficient (Wildman–Crippen LogP) is 3.32. The molecule has 2 fully saturated rings. The molecule has 1 aromatic rings. The average molecular weight is 302 g/mol. The lowest BCUT2D eigenvalue weighted by atomic mass is 9.84. The summed E-state index contributed by atoms with van der Waals surface area (Å²) in [5, 5.41) is 6.07. The number of methoxy groups -OCH3 is 1. The Kier molecular flexibility index (Phi) is 4.55. The molecule has 120 valence electrons. The first-order chi connectivity index (χ1) is 10.7. The zero-order chi connectivity index (χ0) is 15.5. The molecule has 0 aliphatic heterocycles. The van der Waals surface area contributed by atoms with Crippen molar-refractivity contribution in [3.05, 3.63) is 29.8 Å². The molecule has 0 heterocycles. The molecular weight excluding hydrogens is 276 g/mol. The molecule has 2 amide bonds. The van der Waals surface area contributed by atoms with Gasteiger partial charge in [-0.05, 0) is 61.6 Å². The molecule has 2 saturated carbocycles. The normalized spacial score (nSPS) is 27.5. The highest BCUT2D eigenvalue weighted by Gasteiger charge is 2.42. The van der Waals surface area contributed by atoms with Crippen molar-refractivity contribution in [3.8, 4) is 5.75 Å². The van der Waals surface area contributed by atoms with Crippen LogP contribution in [0.4, 0.5) is 4.79 Å². The molecule has 0 radical (unpaired) electrons. The maximum atomic E-state index is 12.1. The highest BCUT2D eigenvalue weighted by molar-refractivity contribution is 5.74. The molecule has 4 unspecified atom stereocenters. The summed E-state index contributed by atoms with van der Waals surface area (Å²) in [7, 11) is 1.65. The van der Waals surface area contributed by atoms with E-state index in [1.54, 1.807) is 7.11 Å². The topological polar surface area (TPSA) is 50.4 Å². The summed E-state index contributed by atoms with van der Waals surface area (Å²) in [4.78, 5) is 12.1. The molecule has 4 heteroatoms. The number of carbonyl (C=O) groups is 1. The molecule has 0 saturated heterocycles. The first-order valence-corrected chi connectivity index (χ1v) is 8.33. The molecule has 2 aliphatic rings. The van der Waals surface area contributed by atoms with E-state index in [1.165, 1.54) is 25.7 Å². The van der Waals surface area contributed by atoms with Crippen LogP contribution in [-0.4, -0.2) is 19.2 Å². The summed E-state index contributed by atoms with van der Waals surface area (Å²) >= 11 is 0. The molecule has 3 rings (SSSR count). The molecule has 2 bridgehead atoms. The summed E-state index contributed by atoms with van der Waals surface area (Å²) in [6.45, 7) is 2.69. The Hall–Kier alpha value is -1.71. The SMILES string of the molecule is COc1ccc(CNC(=O)NC(C)C2CC3CCC2C3)cc1. The fraction of sp³-hybridized carbons (Fsp3) is 0.611. The maximum absolute atomic E-state index is 12.1. The van der Waals surface area contributed by atoms with Gasteiger partial charge in [-0.2, -0.15) is 0 Å². The van der Waals surface area contributed by atoms with Gasteiger partial charge in [-0.3, -0.25) is 0 Å². The van der Waals surface area contributed by atoms with Crippen LogP contribution in [0.1, 0.15) is 38.2 Å². The minimum Gasteiger partial charge on any atom is -0.497 e. The van der Waals surface area contributed by atoms with Gasteiger partial charge in [0.1, 0.15) is 5.75 Å². The fourth-order valence-electron chi connectivity index (χ4n) is 4.20. The van der Waals surface area contributed by atoms with E-state index in [0.29, 0.717) is 12.5 Å². The van der Waals surface area contributed by atoms with Gasteiger partial charge >= 0.3 is 6.03 Å². The van der Waals surface area contributed by atoms with Crippen molar-refractivity contribution in [3.63, 3.8) is 0 Å². The molecule has 22 heavy (non-hydrogen) atoms. The summed E-state index contributed by atoms with van der Waals surface area (Å²) in [6.07, 6.45) is 5.43. The van der Waals surface area contributed by atoms with E-state index in [9.17, 15) is 4.79 Å². The van der Waals surface area contributed by atoms with Crippen molar-refractivity contribution in [1.29, 1.82) is 0 Å². The van der Waals surface area contributed by atoms with Gasteiger partial charge in [0.05, 0.1) is 7.11 Å². The van der Waals surface area contributed by atoms with E-state index in [-0.39, 0.29) is 12.1 Å².